The fraction of sp³-hybridized carbons (Fsp3) is 0.385. The smallest absolute Gasteiger partial charge is 0.243 e. The number of rotatable bonds is 8. The molecule has 206 valence electrons. The Kier molecular flexibility index (Phi) is 8.22. The lowest BCUT2D eigenvalue weighted by molar-refractivity contribution is -0.117. The van der Waals surface area contributed by atoms with E-state index in [9.17, 15) is 4.79 Å². The molecule has 1 aromatic carbocycles. The lowest BCUT2D eigenvalue weighted by Gasteiger charge is -2.29. The number of halogens is 2. The van der Waals surface area contributed by atoms with Crippen LogP contribution in [-0.4, -0.2) is 86.7 Å². The molecule has 3 aromatic rings. The number of anilines is 2. The molecule has 0 saturated carbocycles. The highest BCUT2D eigenvalue weighted by Crippen LogP contribution is 2.46. The van der Waals surface area contributed by atoms with E-state index in [2.05, 4.69) is 27.1 Å². The molecule has 2 N–H and O–H groups in total. The van der Waals surface area contributed by atoms with Crippen LogP contribution in [0.15, 0.2) is 31.0 Å². The van der Waals surface area contributed by atoms with E-state index in [0.29, 0.717) is 89.6 Å². The van der Waals surface area contributed by atoms with Crippen molar-refractivity contribution in [3.05, 3.63) is 41.0 Å². The Bertz CT molecular complexity index is 1370. The maximum absolute atomic E-state index is 11.8. The molecule has 5 rings (SSSR count). The molecule has 13 heteroatoms. The van der Waals surface area contributed by atoms with Crippen molar-refractivity contribution in [2.75, 3.05) is 64.0 Å². The Balaban J connectivity index is 1.59. The summed E-state index contributed by atoms with van der Waals surface area (Å²) in [5, 5.41) is 7.54. The monoisotopic (exact) mass is 574 g/mol. The van der Waals surface area contributed by atoms with E-state index in [4.69, 9.17) is 52.1 Å². The van der Waals surface area contributed by atoms with Crippen molar-refractivity contribution in [1.82, 2.24) is 20.3 Å². The zero-order chi connectivity index (χ0) is 27.5. The zero-order valence-corrected chi connectivity index (χ0v) is 23.0. The van der Waals surface area contributed by atoms with Crippen LogP contribution in [-0.2, 0) is 14.3 Å². The van der Waals surface area contributed by atoms with E-state index < -0.39 is 0 Å². The van der Waals surface area contributed by atoms with E-state index in [1.54, 1.807) is 12.3 Å². The van der Waals surface area contributed by atoms with Crippen LogP contribution in [0.1, 0.15) is 0 Å². The Morgan fingerprint density at radius 1 is 1.08 bits per heavy atom. The number of carbonyl (C=O) groups excluding carboxylic acids is 1. The van der Waals surface area contributed by atoms with Crippen LogP contribution in [0.25, 0.3) is 22.2 Å². The SMILES string of the molecule is C=CC(=O)N[C@H]1COC[C@H]1Nc1ncc2cc(-c3c(Cl)c(OC)cc(OC)c3Cl)nc(N3CCOCC3)c2n1. The van der Waals surface area contributed by atoms with Crippen molar-refractivity contribution >= 4 is 51.8 Å². The predicted octanol–water partition coefficient (Wildman–Crippen LogP) is 3.33. The van der Waals surface area contributed by atoms with Gasteiger partial charge in [0.05, 0.1) is 68.5 Å². The minimum atomic E-state index is -0.269. The van der Waals surface area contributed by atoms with Gasteiger partial charge in [0.2, 0.25) is 11.9 Å². The van der Waals surface area contributed by atoms with Gasteiger partial charge in [-0.2, -0.15) is 0 Å². The highest BCUT2D eigenvalue weighted by molar-refractivity contribution is 6.41. The van der Waals surface area contributed by atoms with Gasteiger partial charge < -0.3 is 34.5 Å². The minimum absolute atomic E-state index is 0.215. The summed E-state index contributed by atoms with van der Waals surface area (Å²) in [6, 6.07) is 3.01. The molecule has 39 heavy (non-hydrogen) atoms. The molecule has 2 fully saturated rings. The maximum atomic E-state index is 11.8. The Hall–Kier alpha value is -3.38. The molecule has 0 spiro atoms. The van der Waals surface area contributed by atoms with Crippen molar-refractivity contribution in [3.63, 3.8) is 0 Å². The number of fused-ring (bicyclic) bond motifs is 1. The van der Waals surface area contributed by atoms with Crippen molar-refractivity contribution in [2.45, 2.75) is 12.1 Å². The molecule has 4 heterocycles. The summed E-state index contributed by atoms with van der Waals surface area (Å²) in [6.45, 7) is 6.66. The van der Waals surface area contributed by atoms with Crippen molar-refractivity contribution in [1.29, 1.82) is 0 Å². The molecule has 0 unspecified atom stereocenters. The molecule has 0 aliphatic carbocycles. The van der Waals surface area contributed by atoms with Gasteiger partial charge in [0.15, 0.2) is 5.82 Å². The third kappa shape index (κ3) is 5.53. The third-order valence-electron chi connectivity index (χ3n) is 6.60. The number of amides is 1. The fourth-order valence-corrected chi connectivity index (χ4v) is 5.27. The molecule has 2 saturated heterocycles. The van der Waals surface area contributed by atoms with Crippen LogP contribution >= 0.6 is 23.2 Å². The molecule has 2 aliphatic heterocycles. The van der Waals surface area contributed by atoms with Crippen LogP contribution in [0.5, 0.6) is 11.5 Å². The first-order chi connectivity index (χ1) is 18.9. The van der Waals surface area contributed by atoms with Gasteiger partial charge in [-0.3, -0.25) is 4.79 Å². The number of methoxy groups -OCH3 is 2. The average molecular weight is 575 g/mol. The van der Waals surface area contributed by atoms with Gasteiger partial charge in [0.1, 0.15) is 17.0 Å². The van der Waals surface area contributed by atoms with Gasteiger partial charge >= 0.3 is 0 Å². The molecular formula is C26H28Cl2N6O5. The van der Waals surface area contributed by atoms with Gasteiger partial charge in [0.25, 0.3) is 0 Å². The van der Waals surface area contributed by atoms with Gasteiger partial charge in [-0.25, -0.2) is 15.0 Å². The van der Waals surface area contributed by atoms with E-state index in [1.807, 2.05) is 6.07 Å². The number of nitrogens with one attached hydrogen (secondary N) is 2. The number of nitrogens with zero attached hydrogens (tertiary/aromatic N) is 4. The number of aromatic nitrogens is 3. The molecule has 2 aliphatic rings. The summed E-state index contributed by atoms with van der Waals surface area (Å²) in [5.41, 5.74) is 1.65. The number of carbonyl (C=O) groups is 1. The number of pyridine rings is 1. The molecule has 1 amide bonds. The first-order valence-corrected chi connectivity index (χ1v) is 13.1. The van der Waals surface area contributed by atoms with Gasteiger partial charge in [-0.15, -0.1) is 0 Å². The quantitative estimate of drug-likeness (QED) is 0.387. The molecular weight excluding hydrogens is 547 g/mol. The first-order valence-electron chi connectivity index (χ1n) is 12.3. The van der Waals surface area contributed by atoms with Crippen LogP contribution in [0, 0.1) is 0 Å². The first kappa shape index (κ1) is 27.2. The van der Waals surface area contributed by atoms with Gasteiger partial charge in [0, 0.05) is 36.3 Å². The highest BCUT2D eigenvalue weighted by Gasteiger charge is 2.30. The Morgan fingerprint density at radius 3 is 2.44 bits per heavy atom. The third-order valence-corrected chi connectivity index (χ3v) is 7.35. The molecule has 0 radical (unpaired) electrons. The van der Waals surface area contributed by atoms with Crippen LogP contribution in [0.3, 0.4) is 0 Å². The number of benzene rings is 1. The summed E-state index contributed by atoms with van der Waals surface area (Å²) >= 11 is 13.4. The lowest BCUT2D eigenvalue weighted by atomic mass is 10.1. The summed E-state index contributed by atoms with van der Waals surface area (Å²) in [6.07, 6.45) is 2.95. The fourth-order valence-electron chi connectivity index (χ4n) is 4.57. The number of ether oxygens (including phenoxy) is 4. The van der Waals surface area contributed by atoms with E-state index >= 15 is 0 Å². The van der Waals surface area contributed by atoms with E-state index in [-0.39, 0.29) is 18.0 Å². The van der Waals surface area contributed by atoms with Gasteiger partial charge in [-0.05, 0) is 12.1 Å². The Labute approximate surface area is 235 Å². The minimum Gasteiger partial charge on any atom is -0.495 e. The second-order valence-corrected chi connectivity index (χ2v) is 9.71. The summed E-state index contributed by atoms with van der Waals surface area (Å²) in [5.74, 6) is 1.59. The highest BCUT2D eigenvalue weighted by atomic mass is 35.5. The Morgan fingerprint density at radius 2 is 1.77 bits per heavy atom. The standard InChI is InChI=1S/C26H28Cl2N6O5/c1-4-20(35)30-16-12-39-13-17(16)32-26-29-11-14-9-15(21-22(27)18(36-2)10-19(37-3)23(21)28)31-25(24(14)33-26)34-5-7-38-8-6-34/h4,9-11,16-17H,1,5-8,12-13H2,2-3H3,(H,30,35)(H,29,32,33)/t16-,17+/m0/s1. The molecule has 2 aromatic heterocycles. The van der Waals surface area contributed by atoms with E-state index in [1.165, 1.54) is 20.3 Å². The number of hydrogen-bond acceptors (Lipinski definition) is 10. The molecule has 0 bridgehead atoms. The van der Waals surface area contributed by atoms with Crippen molar-refractivity contribution in [3.8, 4) is 22.8 Å². The second-order valence-electron chi connectivity index (χ2n) is 8.95. The van der Waals surface area contributed by atoms with Crippen molar-refractivity contribution < 1.29 is 23.7 Å². The van der Waals surface area contributed by atoms with E-state index in [0.717, 1.165) is 5.39 Å². The zero-order valence-electron chi connectivity index (χ0n) is 21.5. The second kappa shape index (κ2) is 11.8. The summed E-state index contributed by atoms with van der Waals surface area (Å²) in [4.78, 5) is 28.3. The molecule has 11 nitrogen and oxygen atoms in total. The molecule has 2 atom stereocenters. The van der Waals surface area contributed by atoms with Gasteiger partial charge in [-0.1, -0.05) is 29.8 Å². The largest absolute Gasteiger partial charge is 0.495 e. The van der Waals surface area contributed by atoms with Crippen molar-refractivity contribution in [2.24, 2.45) is 0 Å². The number of hydrogen-bond donors (Lipinski definition) is 2. The normalized spacial score (nSPS) is 19.1. The predicted molar refractivity (Wildman–Crippen MR) is 149 cm³/mol. The van der Waals surface area contributed by atoms with Crippen LogP contribution < -0.4 is 25.0 Å². The topological polar surface area (TPSA) is 120 Å². The number of morpholine rings is 1. The summed E-state index contributed by atoms with van der Waals surface area (Å²) < 4.78 is 22.1. The lowest BCUT2D eigenvalue weighted by Crippen LogP contribution is -2.45. The summed E-state index contributed by atoms with van der Waals surface area (Å²) in [7, 11) is 3.05. The van der Waals surface area contributed by atoms with Crippen LogP contribution in [0.2, 0.25) is 10.0 Å². The average Bonchev–Trinajstić information content (AvgIpc) is 3.39. The maximum Gasteiger partial charge on any atom is 0.243 e. The van der Waals surface area contributed by atoms with Crippen LogP contribution in [0.4, 0.5) is 11.8 Å².